The minimum absolute atomic E-state index is 0.0505. The summed E-state index contributed by atoms with van der Waals surface area (Å²) < 4.78 is 0.841. The summed E-state index contributed by atoms with van der Waals surface area (Å²) >= 11 is 3.33. The number of anilines is 1. The monoisotopic (exact) mass is 337 g/mol. The standard InChI is InChI=1S/C15H20BrN3O/c1-4-13(5-2)19-15(20)10(3)18-14-7-6-12(16)8-11(14)9-17/h6-8,10,13,18H,4-5H2,1-3H3,(H,19,20). The second kappa shape index (κ2) is 7.91. The van der Waals surface area contributed by atoms with Gasteiger partial charge >= 0.3 is 0 Å². The van der Waals surface area contributed by atoms with Crippen molar-refractivity contribution >= 4 is 27.5 Å². The van der Waals surface area contributed by atoms with E-state index in [1.165, 1.54) is 0 Å². The predicted octanol–water partition coefficient (Wildman–Crippen LogP) is 3.43. The average molecular weight is 338 g/mol. The van der Waals surface area contributed by atoms with Crippen LogP contribution in [-0.4, -0.2) is 18.0 Å². The number of rotatable bonds is 6. The molecule has 4 nitrogen and oxygen atoms in total. The number of carbonyl (C=O) groups is 1. The van der Waals surface area contributed by atoms with Crippen LogP contribution in [0.25, 0.3) is 0 Å². The Balaban J connectivity index is 2.73. The maximum Gasteiger partial charge on any atom is 0.242 e. The number of benzene rings is 1. The molecule has 5 heteroatoms. The van der Waals surface area contributed by atoms with Crippen molar-refractivity contribution in [3.63, 3.8) is 0 Å². The lowest BCUT2D eigenvalue weighted by Gasteiger charge is -2.20. The molecular formula is C15H20BrN3O. The van der Waals surface area contributed by atoms with Crippen LogP contribution >= 0.6 is 15.9 Å². The van der Waals surface area contributed by atoms with Gasteiger partial charge in [-0.1, -0.05) is 29.8 Å². The molecule has 0 spiro atoms. The Morgan fingerprint density at radius 3 is 2.60 bits per heavy atom. The summed E-state index contributed by atoms with van der Waals surface area (Å²) in [6.45, 7) is 5.89. The first kappa shape index (κ1) is 16.5. The van der Waals surface area contributed by atoms with Gasteiger partial charge < -0.3 is 10.6 Å². The van der Waals surface area contributed by atoms with Crippen molar-refractivity contribution in [1.82, 2.24) is 5.32 Å². The van der Waals surface area contributed by atoms with Crippen molar-refractivity contribution in [2.45, 2.75) is 45.7 Å². The van der Waals surface area contributed by atoms with Crippen molar-refractivity contribution < 1.29 is 4.79 Å². The molecule has 0 aromatic heterocycles. The highest BCUT2D eigenvalue weighted by Gasteiger charge is 2.16. The summed E-state index contributed by atoms with van der Waals surface area (Å²) in [4.78, 5) is 12.1. The molecular weight excluding hydrogens is 318 g/mol. The number of nitrogens with zero attached hydrogens (tertiary/aromatic N) is 1. The Morgan fingerprint density at radius 2 is 2.05 bits per heavy atom. The van der Waals surface area contributed by atoms with Gasteiger partial charge in [0, 0.05) is 10.5 Å². The van der Waals surface area contributed by atoms with E-state index in [1.54, 1.807) is 19.1 Å². The maximum atomic E-state index is 12.1. The zero-order chi connectivity index (χ0) is 15.1. The summed E-state index contributed by atoms with van der Waals surface area (Å²) in [6.07, 6.45) is 1.83. The quantitative estimate of drug-likeness (QED) is 0.835. The fourth-order valence-corrected chi connectivity index (χ4v) is 2.21. The van der Waals surface area contributed by atoms with E-state index in [9.17, 15) is 4.79 Å². The van der Waals surface area contributed by atoms with E-state index in [-0.39, 0.29) is 18.0 Å². The van der Waals surface area contributed by atoms with Gasteiger partial charge in [0.2, 0.25) is 5.91 Å². The van der Waals surface area contributed by atoms with Crippen LogP contribution in [0.4, 0.5) is 5.69 Å². The van der Waals surface area contributed by atoms with Crippen LogP contribution in [0.5, 0.6) is 0 Å². The summed E-state index contributed by atoms with van der Waals surface area (Å²) in [5.41, 5.74) is 1.18. The first-order valence-electron chi connectivity index (χ1n) is 6.78. The highest BCUT2D eigenvalue weighted by atomic mass is 79.9. The summed E-state index contributed by atoms with van der Waals surface area (Å²) in [5.74, 6) is -0.0505. The van der Waals surface area contributed by atoms with Crippen molar-refractivity contribution in [3.05, 3.63) is 28.2 Å². The molecule has 0 radical (unpaired) electrons. The van der Waals surface area contributed by atoms with Crippen molar-refractivity contribution in [3.8, 4) is 6.07 Å². The number of carbonyl (C=O) groups excluding carboxylic acids is 1. The topological polar surface area (TPSA) is 64.9 Å². The lowest BCUT2D eigenvalue weighted by Crippen LogP contribution is -2.42. The van der Waals surface area contributed by atoms with Gasteiger partial charge in [0.05, 0.1) is 11.3 Å². The average Bonchev–Trinajstić information content (AvgIpc) is 2.45. The minimum Gasteiger partial charge on any atom is -0.373 e. The SMILES string of the molecule is CCC(CC)NC(=O)C(C)Nc1ccc(Br)cc1C#N. The third-order valence-corrected chi connectivity index (χ3v) is 3.69. The second-order valence-corrected chi connectivity index (χ2v) is 5.61. The summed E-state index contributed by atoms with van der Waals surface area (Å²) in [7, 11) is 0. The number of halogens is 1. The molecule has 0 fully saturated rings. The lowest BCUT2D eigenvalue weighted by atomic mass is 10.1. The van der Waals surface area contributed by atoms with Crippen LogP contribution in [0.1, 0.15) is 39.2 Å². The Labute approximate surface area is 128 Å². The number of nitriles is 1. The molecule has 1 rings (SSSR count). The highest BCUT2D eigenvalue weighted by molar-refractivity contribution is 9.10. The van der Waals surface area contributed by atoms with Gasteiger partial charge in [-0.05, 0) is 38.0 Å². The molecule has 1 amide bonds. The maximum absolute atomic E-state index is 12.1. The normalized spacial score (nSPS) is 11.8. The predicted molar refractivity (Wildman–Crippen MR) is 84.5 cm³/mol. The van der Waals surface area contributed by atoms with Crippen molar-refractivity contribution in [1.29, 1.82) is 5.26 Å². The van der Waals surface area contributed by atoms with Gasteiger partial charge in [-0.3, -0.25) is 4.79 Å². The van der Waals surface area contributed by atoms with E-state index in [0.717, 1.165) is 17.3 Å². The zero-order valence-electron chi connectivity index (χ0n) is 12.0. The van der Waals surface area contributed by atoms with Crippen molar-refractivity contribution in [2.75, 3.05) is 5.32 Å². The fraction of sp³-hybridized carbons (Fsp3) is 0.467. The first-order chi connectivity index (χ1) is 9.51. The highest BCUT2D eigenvalue weighted by Crippen LogP contribution is 2.21. The summed E-state index contributed by atoms with van der Waals surface area (Å²) in [5, 5.41) is 15.2. The first-order valence-corrected chi connectivity index (χ1v) is 7.57. The largest absolute Gasteiger partial charge is 0.373 e. The smallest absolute Gasteiger partial charge is 0.242 e. The lowest BCUT2D eigenvalue weighted by molar-refractivity contribution is -0.122. The Morgan fingerprint density at radius 1 is 1.40 bits per heavy atom. The molecule has 0 heterocycles. The molecule has 1 aromatic rings. The van der Waals surface area contributed by atoms with Gasteiger partial charge in [-0.15, -0.1) is 0 Å². The molecule has 0 aliphatic carbocycles. The van der Waals surface area contributed by atoms with Crippen LogP contribution in [0.2, 0.25) is 0 Å². The van der Waals surface area contributed by atoms with E-state index in [0.29, 0.717) is 11.3 Å². The molecule has 0 aliphatic rings. The van der Waals surface area contributed by atoms with Crippen LogP contribution < -0.4 is 10.6 Å². The molecule has 1 aromatic carbocycles. The molecule has 0 saturated heterocycles. The van der Waals surface area contributed by atoms with Crippen LogP contribution in [-0.2, 0) is 4.79 Å². The third kappa shape index (κ3) is 4.53. The Kier molecular flexibility index (Phi) is 6.53. The van der Waals surface area contributed by atoms with Gasteiger partial charge in [0.15, 0.2) is 0 Å². The number of amides is 1. The van der Waals surface area contributed by atoms with Gasteiger partial charge in [0.1, 0.15) is 12.1 Å². The molecule has 2 N–H and O–H groups in total. The van der Waals surface area contributed by atoms with Gasteiger partial charge in [-0.2, -0.15) is 5.26 Å². The molecule has 0 bridgehead atoms. The second-order valence-electron chi connectivity index (χ2n) is 4.69. The molecule has 0 aliphatic heterocycles. The van der Waals surface area contributed by atoms with Gasteiger partial charge in [-0.25, -0.2) is 0 Å². The number of nitrogens with one attached hydrogen (secondary N) is 2. The van der Waals surface area contributed by atoms with E-state index in [4.69, 9.17) is 5.26 Å². The van der Waals surface area contributed by atoms with Crippen LogP contribution in [0.15, 0.2) is 22.7 Å². The van der Waals surface area contributed by atoms with Gasteiger partial charge in [0.25, 0.3) is 0 Å². The van der Waals surface area contributed by atoms with E-state index < -0.39 is 0 Å². The van der Waals surface area contributed by atoms with Crippen LogP contribution in [0, 0.1) is 11.3 Å². The van der Waals surface area contributed by atoms with E-state index in [2.05, 4.69) is 46.5 Å². The number of hydrogen-bond acceptors (Lipinski definition) is 3. The van der Waals surface area contributed by atoms with E-state index >= 15 is 0 Å². The molecule has 108 valence electrons. The minimum atomic E-state index is -0.385. The Bertz CT molecular complexity index is 506. The van der Waals surface area contributed by atoms with Crippen molar-refractivity contribution in [2.24, 2.45) is 0 Å². The molecule has 0 saturated carbocycles. The fourth-order valence-electron chi connectivity index (χ4n) is 1.85. The molecule has 20 heavy (non-hydrogen) atoms. The van der Waals surface area contributed by atoms with Crippen LogP contribution in [0.3, 0.4) is 0 Å². The number of hydrogen-bond donors (Lipinski definition) is 2. The molecule has 1 unspecified atom stereocenters. The van der Waals surface area contributed by atoms with E-state index in [1.807, 2.05) is 6.07 Å². The summed E-state index contributed by atoms with van der Waals surface area (Å²) in [6, 6.07) is 7.30. The third-order valence-electron chi connectivity index (χ3n) is 3.20. The Hall–Kier alpha value is -1.54. The molecule has 1 atom stereocenters. The zero-order valence-corrected chi connectivity index (χ0v) is 13.6.